The van der Waals surface area contributed by atoms with Gasteiger partial charge in [-0.05, 0) is 50.1 Å². The molecule has 1 amide bonds. The number of hydrogen-bond acceptors (Lipinski definition) is 3. The molecule has 0 aromatic heterocycles. The van der Waals surface area contributed by atoms with Crippen molar-refractivity contribution >= 4 is 29.9 Å². The Morgan fingerprint density at radius 2 is 1.95 bits per heavy atom. The molecule has 2 heterocycles. The van der Waals surface area contributed by atoms with Crippen LogP contribution < -0.4 is 10.1 Å². The molecule has 22 heavy (non-hydrogen) atoms. The van der Waals surface area contributed by atoms with Gasteiger partial charge >= 0.3 is 0 Å². The number of rotatable bonds is 4. The molecule has 3 rings (SSSR count). The normalized spacial score (nSPS) is 23.6. The summed E-state index contributed by atoms with van der Waals surface area (Å²) in [5.41, 5.74) is 0. The summed E-state index contributed by atoms with van der Waals surface area (Å²) < 4.78 is 5.62. The van der Waals surface area contributed by atoms with E-state index in [1.165, 1.54) is 0 Å². The van der Waals surface area contributed by atoms with Crippen LogP contribution in [0.25, 0.3) is 0 Å². The van der Waals surface area contributed by atoms with Crippen LogP contribution >= 0.6 is 24.0 Å². The third-order valence-corrected chi connectivity index (χ3v) is 4.59. The van der Waals surface area contributed by atoms with Gasteiger partial charge in [0.2, 0.25) is 5.91 Å². The van der Waals surface area contributed by atoms with Crippen molar-refractivity contribution in [3.8, 4) is 5.75 Å². The van der Waals surface area contributed by atoms with E-state index in [1.807, 2.05) is 12.1 Å². The maximum Gasteiger partial charge on any atom is 0.226 e. The van der Waals surface area contributed by atoms with Crippen molar-refractivity contribution in [1.82, 2.24) is 10.2 Å². The highest BCUT2D eigenvalue weighted by molar-refractivity contribution is 6.30. The summed E-state index contributed by atoms with van der Waals surface area (Å²) in [6.45, 7) is 2.37. The number of nitrogens with one attached hydrogen (secondary N) is 1. The Morgan fingerprint density at radius 3 is 2.73 bits per heavy atom. The fourth-order valence-corrected chi connectivity index (χ4v) is 3.43. The van der Waals surface area contributed by atoms with Crippen LogP contribution in [-0.4, -0.2) is 42.6 Å². The minimum absolute atomic E-state index is 0. The summed E-state index contributed by atoms with van der Waals surface area (Å²) in [4.78, 5) is 14.6. The molecule has 1 N–H and O–H groups in total. The Hall–Kier alpha value is -0.970. The van der Waals surface area contributed by atoms with E-state index in [2.05, 4.69) is 10.2 Å². The Kier molecular flexibility index (Phi) is 6.36. The summed E-state index contributed by atoms with van der Waals surface area (Å²) in [6, 6.07) is 8.03. The number of fused-ring (bicyclic) bond motifs is 2. The van der Waals surface area contributed by atoms with Crippen molar-refractivity contribution in [1.29, 1.82) is 0 Å². The number of amides is 1. The topological polar surface area (TPSA) is 41.6 Å². The Morgan fingerprint density at radius 1 is 1.23 bits per heavy atom. The number of nitrogens with zero attached hydrogens (tertiary/aromatic N) is 1. The van der Waals surface area contributed by atoms with Gasteiger partial charge in [0.25, 0.3) is 0 Å². The van der Waals surface area contributed by atoms with E-state index in [4.69, 9.17) is 16.3 Å². The van der Waals surface area contributed by atoms with Crippen LogP contribution in [-0.2, 0) is 4.79 Å². The lowest BCUT2D eigenvalue weighted by Crippen LogP contribution is -2.42. The minimum atomic E-state index is 0. The number of hydrogen-bond donors (Lipinski definition) is 1. The zero-order valence-corrected chi connectivity index (χ0v) is 14.0. The lowest BCUT2D eigenvalue weighted by molar-refractivity contribution is -0.134. The molecule has 6 heteroatoms. The van der Waals surface area contributed by atoms with Crippen molar-refractivity contribution in [3.05, 3.63) is 29.3 Å². The van der Waals surface area contributed by atoms with Crippen LogP contribution in [0.1, 0.15) is 25.7 Å². The highest BCUT2D eigenvalue weighted by atomic mass is 35.5. The summed E-state index contributed by atoms with van der Waals surface area (Å²) in [6.07, 6.45) is 3.79. The van der Waals surface area contributed by atoms with Gasteiger partial charge in [-0.1, -0.05) is 11.6 Å². The molecule has 0 radical (unpaired) electrons. The van der Waals surface area contributed by atoms with Crippen LogP contribution in [0.4, 0.5) is 0 Å². The first-order valence-corrected chi connectivity index (χ1v) is 8.02. The number of carbonyl (C=O) groups is 1. The molecular formula is C16H22Cl2N2O2. The first kappa shape index (κ1) is 17.4. The molecule has 2 aliphatic heterocycles. The van der Waals surface area contributed by atoms with Crippen LogP contribution in [0.15, 0.2) is 24.3 Å². The van der Waals surface area contributed by atoms with Crippen LogP contribution in [0.5, 0.6) is 5.75 Å². The third kappa shape index (κ3) is 4.06. The fourth-order valence-electron chi connectivity index (χ4n) is 3.31. The summed E-state index contributed by atoms with van der Waals surface area (Å²) in [5.74, 6) is 0.980. The first-order chi connectivity index (χ1) is 10.2. The van der Waals surface area contributed by atoms with Gasteiger partial charge in [-0.15, -0.1) is 12.4 Å². The third-order valence-electron chi connectivity index (χ3n) is 4.34. The quantitative estimate of drug-likeness (QED) is 0.912. The molecule has 2 unspecified atom stereocenters. The van der Waals surface area contributed by atoms with Crippen molar-refractivity contribution in [3.63, 3.8) is 0 Å². The lowest BCUT2D eigenvalue weighted by Gasteiger charge is -2.28. The molecule has 4 nitrogen and oxygen atoms in total. The zero-order valence-electron chi connectivity index (χ0n) is 12.5. The molecule has 1 aromatic carbocycles. The van der Waals surface area contributed by atoms with Gasteiger partial charge in [0.15, 0.2) is 0 Å². The predicted octanol–water partition coefficient (Wildman–Crippen LogP) is 2.88. The standard InChI is InChI=1S/C16H21ClN2O2.ClH/c17-12-1-5-15(6-2-12)21-10-8-16(20)19-13-3-4-14(19)11-18-9-7-13;/h1-2,5-6,13-14,18H,3-4,7-11H2;1H. The largest absolute Gasteiger partial charge is 0.493 e. The second-order valence-corrected chi connectivity index (χ2v) is 6.17. The number of carbonyl (C=O) groups excluding carboxylic acids is 1. The van der Waals surface area contributed by atoms with E-state index in [0.29, 0.717) is 30.1 Å². The van der Waals surface area contributed by atoms with Crippen LogP contribution in [0.3, 0.4) is 0 Å². The average Bonchev–Trinajstić information content (AvgIpc) is 2.74. The number of ether oxygens (including phenoxy) is 1. The van der Waals surface area contributed by atoms with Crippen molar-refractivity contribution in [2.45, 2.75) is 37.8 Å². The Bertz CT molecular complexity index is 481. The monoisotopic (exact) mass is 344 g/mol. The molecule has 2 atom stereocenters. The minimum Gasteiger partial charge on any atom is -0.493 e. The molecule has 0 spiro atoms. The predicted molar refractivity (Wildman–Crippen MR) is 90.0 cm³/mol. The van der Waals surface area contributed by atoms with E-state index < -0.39 is 0 Å². The van der Waals surface area contributed by atoms with E-state index >= 15 is 0 Å². The van der Waals surface area contributed by atoms with Gasteiger partial charge in [-0.3, -0.25) is 4.79 Å². The fraction of sp³-hybridized carbons (Fsp3) is 0.562. The van der Waals surface area contributed by atoms with E-state index in [9.17, 15) is 4.79 Å². The highest BCUT2D eigenvalue weighted by Crippen LogP contribution is 2.28. The van der Waals surface area contributed by atoms with Gasteiger partial charge in [0.05, 0.1) is 13.0 Å². The summed E-state index contributed by atoms with van der Waals surface area (Å²) in [7, 11) is 0. The molecule has 122 valence electrons. The lowest BCUT2D eigenvalue weighted by atomic mass is 10.1. The van der Waals surface area contributed by atoms with Crippen LogP contribution in [0, 0.1) is 0 Å². The summed E-state index contributed by atoms with van der Waals surface area (Å²) in [5, 5.41) is 4.10. The molecule has 2 fully saturated rings. The first-order valence-electron chi connectivity index (χ1n) is 7.64. The van der Waals surface area contributed by atoms with E-state index in [0.717, 1.165) is 38.1 Å². The van der Waals surface area contributed by atoms with Crippen molar-refractivity contribution < 1.29 is 9.53 Å². The molecule has 0 saturated carbocycles. The van der Waals surface area contributed by atoms with Crippen molar-refractivity contribution in [2.24, 2.45) is 0 Å². The Labute approximate surface area is 142 Å². The van der Waals surface area contributed by atoms with E-state index in [-0.39, 0.29) is 18.3 Å². The van der Waals surface area contributed by atoms with Gasteiger partial charge < -0.3 is 15.0 Å². The maximum absolute atomic E-state index is 12.5. The number of halogens is 2. The van der Waals surface area contributed by atoms with Gasteiger partial charge in [-0.25, -0.2) is 0 Å². The molecule has 1 aromatic rings. The average molecular weight is 345 g/mol. The zero-order chi connectivity index (χ0) is 14.7. The molecule has 2 saturated heterocycles. The van der Waals surface area contributed by atoms with E-state index in [1.54, 1.807) is 12.1 Å². The molecule has 2 aliphatic rings. The second kappa shape index (κ2) is 8.04. The van der Waals surface area contributed by atoms with Gasteiger partial charge in [-0.2, -0.15) is 0 Å². The molecular weight excluding hydrogens is 323 g/mol. The van der Waals surface area contributed by atoms with Crippen molar-refractivity contribution in [2.75, 3.05) is 19.7 Å². The molecule has 2 bridgehead atoms. The smallest absolute Gasteiger partial charge is 0.226 e. The molecule has 0 aliphatic carbocycles. The number of benzene rings is 1. The Balaban J connectivity index is 0.00000176. The SMILES string of the molecule is Cl.O=C(CCOc1ccc(Cl)cc1)N1C2CCNCC1CC2. The second-order valence-electron chi connectivity index (χ2n) is 5.73. The highest BCUT2D eigenvalue weighted by Gasteiger charge is 2.37. The maximum atomic E-state index is 12.5. The van der Waals surface area contributed by atoms with Gasteiger partial charge in [0.1, 0.15) is 5.75 Å². The van der Waals surface area contributed by atoms with Crippen LogP contribution in [0.2, 0.25) is 5.02 Å². The van der Waals surface area contributed by atoms with Gasteiger partial charge in [0, 0.05) is 23.7 Å². The summed E-state index contributed by atoms with van der Waals surface area (Å²) >= 11 is 5.83.